The lowest BCUT2D eigenvalue weighted by molar-refractivity contribution is -0.0395. The quantitative estimate of drug-likeness (QED) is 0.605. The van der Waals surface area contributed by atoms with Crippen molar-refractivity contribution in [2.75, 3.05) is 37.2 Å². The molecule has 0 fully saturated rings. The molecular formula is C11H24O2S2. The van der Waals surface area contributed by atoms with Crippen LogP contribution in [-0.2, 0) is 4.74 Å². The third-order valence-electron chi connectivity index (χ3n) is 2.42. The Hall–Kier alpha value is 0.620. The van der Waals surface area contributed by atoms with Gasteiger partial charge in [-0.15, -0.1) is 0 Å². The fourth-order valence-electron chi connectivity index (χ4n) is 1.36. The second-order valence-corrected chi connectivity index (χ2v) is 5.78. The standard InChI is InChI=1S/C11H24O2S2/c1-4-7-15-10-11(9-12,13-2)6-5-8-14-3/h12H,4-10H2,1-3H3. The van der Waals surface area contributed by atoms with E-state index in [1.807, 2.05) is 23.5 Å². The smallest absolute Gasteiger partial charge is 0.0998 e. The first kappa shape index (κ1) is 15.6. The number of ether oxygens (including phenoxy) is 1. The molecule has 0 aromatic carbocycles. The van der Waals surface area contributed by atoms with Crippen LogP contribution in [0.3, 0.4) is 0 Å². The van der Waals surface area contributed by atoms with Crippen molar-refractivity contribution in [1.82, 2.24) is 0 Å². The third kappa shape index (κ3) is 6.72. The number of aliphatic hydroxyl groups excluding tert-OH is 1. The van der Waals surface area contributed by atoms with Crippen LogP contribution in [0.5, 0.6) is 0 Å². The van der Waals surface area contributed by atoms with E-state index in [1.165, 1.54) is 6.42 Å². The first-order chi connectivity index (χ1) is 7.24. The third-order valence-corrected chi connectivity index (χ3v) is 4.54. The van der Waals surface area contributed by atoms with Gasteiger partial charge in [-0.1, -0.05) is 6.92 Å². The Morgan fingerprint density at radius 2 is 2.07 bits per heavy atom. The van der Waals surface area contributed by atoms with E-state index in [9.17, 15) is 5.11 Å². The summed E-state index contributed by atoms with van der Waals surface area (Å²) in [7, 11) is 1.71. The lowest BCUT2D eigenvalue weighted by atomic mass is 10.0. The zero-order valence-electron chi connectivity index (χ0n) is 10.1. The minimum absolute atomic E-state index is 0.134. The van der Waals surface area contributed by atoms with Crippen LogP contribution >= 0.6 is 23.5 Å². The van der Waals surface area contributed by atoms with E-state index in [-0.39, 0.29) is 12.2 Å². The summed E-state index contributed by atoms with van der Waals surface area (Å²) in [6.07, 6.45) is 5.36. The first-order valence-electron chi connectivity index (χ1n) is 5.47. The van der Waals surface area contributed by atoms with Crippen molar-refractivity contribution >= 4 is 23.5 Å². The van der Waals surface area contributed by atoms with Gasteiger partial charge < -0.3 is 9.84 Å². The van der Waals surface area contributed by atoms with Gasteiger partial charge in [-0.3, -0.25) is 0 Å². The van der Waals surface area contributed by atoms with Crippen LogP contribution < -0.4 is 0 Å². The molecule has 0 rings (SSSR count). The number of thioether (sulfide) groups is 2. The van der Waals surface area contributed by atoms with E-state index in [2.05, 4.69) is 13.2 Å². The molecule has 2 nitrogen and oxygen atoms in total. The van der Waals surface area contributed by atoms with Gasteiger partial charge in [-0.25, -0.2) is 0 Å². The van der Waals surface area contributed by atoms with Gasteiger partial charge in [0, 0.05) is 12.9 Å². The van der Waals surface area contributed by atoms with Crippen molar-refractivity contribution in [3.8, 4) is 0 Å². The molecule has 92 valence electrons. The molecule has 1 atom stereocenters. The second-order valence-electron chi connectivity index (χ2n) is 3.69. The van der Waals surface area contributed by atoms with E-state index in [4.69, 9.17) is 4.74 Å². The van der Waals surface area contributed by atoms with E-state index in [0.717, 1.165) is 30.1 Å². The Balaban J connectivity index is 3.93. The predicted octanol–water partition coefficient (Wildman–Crippen LogP) is 2.65. The Labute approximate surface area is 103 Å². The fraction of sp³-hybridized carbons (Fsp3) is 1.00. The highest BCUT2D eigenvalue weighted by Gasteiger charge is 2.28. The van der Waals surface area contributed by atoms with Crippen LogP contribution in [0.4, 0.5) is 0 Å². The number of hydrogen-bond acceptors (Lipinski definition) is 4. The van der Waals surface area contributed by atoms with Crippen LogP contribution in [0.15, 0.2) is 0 Å². The molecule has 0 aliphatic heterocycles. The molecule has 0 radical (unpaired) electrons. The lowest BCUT2D eigenvalue weighted by Gasteiger charge is -2.30. The van der Waals surface area contributed by atoms with Gasteiger partial charge in [0.2, 0.25) is 0 Å². The number of methoxy groups -OCH3 is 1. The largest absolute Gasteiger partial charge is 0.393 e. The summed E-state index contributed by atoms with van der Waals surface area (Å²) in [6.45, 7) is 2.31. The van der Waals surface area contributed by atoms with Crippen LogP contribution in [0.2, 0.25) is 0 Å². The molecule has 4 heteroatoms. The van der Waals surface area contributed by atoms with E-state index in [1.54, 1.807) is 7.11 Å². The zero-order valence-corrected chi connectivity index (χ0v) is 11.8. The van der Waals surface area contributed by atoms with E-state index >= 15 is 0 Å². The SMILES string of the molecule is CCCSCC(CO)(CCCSC)OC. The summed E-state index contributed by atoms with van der Waals surface area (Å²) in [6, 6.07) is 0. The van der Waals surface area contributed by atoms with Gasteiger partial charge in [0.05, 0.1) is 12.2 Å². The molecule has 0 spiro atoms. The molecular weight excluding hydrogens is 228 g/mol. The van der Waals surface area contributed by atoms with Crippen LogP contribution in [-0.4, -0.2) is 47.9 Å². The molecule has 1 N–H and O–H groups in total. The van der Waals surface area contributed by atoms with E-state index < -0.39 is 0 Å². The summed E-state index contributed by atoms with van der Waals surface area (Å²) < 4.78 is 5.50. The van der Waals surface area contributed by atoms with E-state index in [0.29, 0.717) is 0 Å². The summed E-state index contributed by atoms with van der Waals surface area (Å²) in [5.74, 6) is 3.19. The van der Waals surface area contributed by atoms with Crippen molar-refractivity contribution in [3.05, 3.63) is 0 Å². The minimum atomic E-state index is -0.310. The highest BCUT2D eigenvalue weighted by molar-refractivity contribution is 7.99. The van der Waals surface area contributed by atoms with Crippen molar-refractivity contribution in [2.24, 2.45) is 0 Å². The average molecular weight is 252 g/mol. The maximum atomic E-state index is 9.43. The summed E-state index contributed by atoms with van der Waals surface area (Å²) in [5, 5.41) is 9.43. The molecule has 0 aromatic rings. The van der Waals surface area contributed by atoms with Gasteiger partial charge in [0.25, 0.3) is 0 Å². The summed E-state index contributed by atoms with van der Waals surface area (Å²) in [5.41, 5.74) is -0.310. The molecule has 0 heterocycles. The maximum Gasteiger partial charge on any atom is 0.0998 e. The summed E-state index contributed by atoms with van der Waals surface area (Å²) >= 11 is 3.72. The van der Waals surface area contributed by atoms with Gasteiger partial charge in [-0.2, -0.15) is 23.5 Å². The lowest BCUT2D eigenvalue weighted by Crippen LogP contribution is -2.39. The molecule has 0 aromatic heterocycles. The highest BCUT2D eigenvalue weighted by atomic mass is 32.2. The molecule has 0 aliphatic carbocycles. The fourth-order valence-corrected chi connectivity index (χ4v) is 2.96. The van der Waals surface area contributed by atoms with Crippen LogP contribution in [0, 0.1) is 0 Å². The molecule has 0 saturated heterocycles. The Bertz CT molecular complexity index is 127. The van der Waals surface area contributed by atoms with Gasteiger partial charge in [0.15, 0.2) is 0 Å². The normalized spacial score (nSPS) is 15.2. The van der Waals surface area contributed by atoms with Crippen molar-refractivity contribution in [1.29, 1.82) is 0 Å². The first-order valence-corrected chi connectivity index (χ1v) is 8.02. The molecule has 1 unspecified atom stereocenters. The van der Waals surface area contributed by atoms with Crippen LogP contribution in [0.1, 0.15) is 26.2 Å². The molecule has 0 bridgehead atoms. The van der Waals surface area contributed by atoms with Gasteiger partial charge in [0.1, 0.15) is 0 Å². The molecule has 0 amide bonds. The zero-order chi connectivity index (χ0) is 11.6. The van der Waals surface area contributed by atoms with Crippen molar-refractivity contribution in [3.63, 3.8) is 0 Å². The maximum absolute atomic E-state index is 9.43. The minimum Gasteiger partial charge on any atom is -0.393 e. The Morgan fingerprint density at radius 3 is 2.53 bits per heavy atom. The molecule has 0 saturated carbocycles. The number of aliphatic hydroxyl groups is 1. The Morgan fingerprint density at radius 1 is 1.33 bits per heavy atom. The Kier molecular flexibility index (Phi) is 10.2. The van der Waals surface area contributed by atoms with Gasteiger partial charge >= 0.3 is 0 Å². The van der Waals surface area contributed by atoms with Gasteiger partial charge in [-0.05, 0) is 37.0 Å². The molecule has 15 heavy (non-hydrogen) atoms. The topological polar surface area (TPSA) is 29.5 Å². The summed E-state index contributed by atoms with van der Waals surface area (Å²) in [4.78, 5) is 0. The average Bonchev–Trinajstić information content (AvgIpc) is 2.28. The monoisotopic (exact) mass is 252 g/mol. The van der Waals surface area contributed by atoms with Crippen LogP contribution in [0.25, 0.3) is 0 Å². The molecule has 0 aliphatic rings. The highest BCUT2D eigenvalue weighted by Crippen LogP contribution is 2.23. The number of rotatable bonds is 10. The predicted molar refractivity (Wildman–Crippen MR) is 72.1 cm³/mol. The second kappa shape index (κ2) is 9.82. The number of hydrogen-bond donors (Lipinski definition) is 1. The van der Waals surface area contributed by atoms with Crippen molar-refractivity contribution in [2.45, 2.75) is 31.8 Å². The van der Waals surface area contributed by atoms with Crippen molar-refractivity contribution < 1.29 is 9.84 Å².